The van der Waals surface area contributed by atoms with Crippen LogP contribution in [-0.4, -0.2) is 33.6 Å². The summed E-state index contributed by atoms with van der Waals surface area (Å²) in [5.74, 6) is 0.841. The summed E-state index contributed by atoms with van der Waals surface area (Å²) < 4.78 is 8.72. The average molecular weight is 511 g/mol. The van der Waals surface area contributed by atoms with Gasteiger partial charge in [0.25, 0.3) is 0 Å². The van der Waals surface area contributed by atoms with Gasteiger partial charge in [-0.05, 0) is 42.7 Å². The SMILES string of the molecule is CCOc1ccc2nc(N(CCCn3ccnc3)C(=O)CC(c3ccccc3)c3ccccc3)sc2c1. The van der Waals surface area contributed by atoms with Crippen LogP contribution in [0, 0.1) is 0 Å². The molecule has 0 unspecified atom stereocenters. The summed E-state index contributed by atoms with van der Waals surface area (Å²) in [6, 6.07) is 26.4. The van der Waals surface area contributed by atoms with Gasteiger partial charge >= 0.3 is 0 Å². The Balaban J connectivity index is 1.44. The van der Waals surface area contributed by atoms with Gasteiger partial charge in [0.2, 0.25) is 5.91 Å². The van der Waals surface area contributed by atoms with E-state index in [0.29, 0.717) is 19.6 Å². The molecule has 0 aliphatic carbocycles. The van der Waals surface area contributed by atoms with Gasteiger partial charge in [-0.1, -0.05) is 72.0 Å². The van der Waals surface area contributed by atoms with E-state index in [2.05, 4.69) is 29.2 Å². The number of hydrogen-bond acceptors (Lipinski definition) is 5. The van der Waals surface area contributed by atoms with Gasteiger partial charge in [0.1, 0.15) is 5.75 Å². The van der Waals surface area contributed by atoms with Gasteiger partial charge in [0, 0.05) is 37.8 Å². The summed E-state index contributed by atoms with van der Waals surface area (Å²) in [5.41, 5.74) is 3.13. The minimum Gasteiger partial charge on any atom is -0.494 e. The molecule has 6 nitrogen and oxygen atoms in total. The van der Waals surface area contributed by atoms with Crippen molar-refractivity contribution in [2.75, 3.05) is 18.1 Å². The van der Waals surface area contributed by atoms with Crippen LogP contribution in [0.3, 0.4) is 0 Å². The number of anilines is 1. The van der Waals surface area contributed by atoms with Crippen molar-refractivity contribution >= 4 is 32.6 Å². The van der Waals surface area contributed by atoms with Crippen LogP contribution in [0.25, 0.3) is 10.2 Å². The molecule has 0 radical (unpaired) electrons. The van der Waals surface area contributed by atoms with Crippen molar-refractivity contribution in [1.82, 2.24) is 14.5 Å². The first-order chi connectivity index (χ1) is 18.2. The van der Waals surface area contributed by atoms with E-state index in [1.54, 1.807) is 12.5 Å². The Hall–Kier alpha value is -3.97. The number of amides is 1. The van der Waals surface area contributed by atoms with Crippen molar-refractivity contribution in [3.63, 3.8) is 0 Å². The quantitative estimate of drug-likeness (QED) is 0.203. The number of imidazole rings is 1. The molecule has 188 valence electrons. The van der Waals surface area contributed by atoms with E-state index < -0.39 is 0 Å². The third kappa shape index (κ3) is 6.06. The molecule has 3 aromatic carbocycles. The molecule has 0 saturated heterocycles. The van der Waals surface area contributed by atoms with Gasteiger partial charge in [-0.15, -0.1) is 0 Å². The molecule has 0 aliphatic rings. The van der Waals surface area contributed by atoms with E-state index in [-0.39, 0.29) is 11.8 Å². The molecule has 1 amide bonds. The zero-order valence-corrected chi connectivity index (χ0v) is 21.7. The molecule has 0 aliphatic heterocycles. The fraction of sp³-hybridized carbons (Fsp3) is 0.233. The van der Waals surface area contributed by atoms with Crippen LogP contribution in [-0.2, 0) is 11.3 Å². The standard InChI is InChI=1S/C30H30N4O2S/c1-2-36-25-14-15-27-28(20-25)37-30(32-27)34(18-9-17-33-19-16-31-22-33)29(35)21-26(23-10-5-3-6-11-23)24-12-7-4-8-13-24/h3-8,10-16,19-20,22,26H,2,9,17-18,21H2,1H3. The van der Waals surface area contributed by atoms with Crippen molar-refractivity contribution < 1.29 is 9.53 Å². The molecule has 2 heterocycles. The largest absolute Gasteiger partial charge is 0.494 e. The minimum absolute atomic E-state index is 0.0371. The number of aryl methyl sites for hydroxylation is 1. The number of hydrogen-bond donors (Lipinski definition) is 0. The van der Waals surface area contributed by atoms with Gasteiger partial charge in [-0.2, -0.15) is 0 Å². The Bertz CT molecular complexity index is 1380. The van der Waals surface area contributed by atoms with Crippen molar-refractivity contribution in [3.8, 4) is 5.75 Å². The first kappa shape index (κ1) is 24.7. The molecule has 0 saturated carbocycles. The summed E-state index contributed by atoms with van der Waals surface area (Å²) in [6.45, 7) is 3.94. The molecule has 2 aromatic heterocycles. The van der Waals surface area contributed by atoms with E-state index in [4.69, 9.17) is 9.72 Å². The summed E-state index contributed by atoms with van der Waals surface area (Å²) in [6.07, 6.45) is 6.68. The number of carbonyl (C=O) groups excluding carboxylic acids is 1. The lowest BCUT2D eigenvalue weighted by atomic mass is 9.88. The Morgan fingerprint density at radius 3 is 2.41 bits per heavy atom. The van der Waals surface area contributed by atoms with Crippen molar-refractivity contribution in [3.05, 3.63) is 109 Å². The van der Waals surface area contributed by atoms with Crippen LogP contribution in [0.5, 0.6) is 5.75 Å². The zero-order valence-electron chi connectivity index (χ0n) is 20.9. The number of fused-ring (bicyclic) bond motifs is 1. The minimum atomic E-state index is -0.0371. The molecule has 0 N–H and O–H groups in total. The molecule has 0 bridgehead atoms. The Kier molecular flexibility index (Phi) is 7.91. The monoisotopic (exact) mass is 510 g/mol. The van der Waals surface area contributed by atoms with Gasteiger partial charge < -0.3 is 9.30 Å². The lowest BCUT2D eigenvalue weighted by Gasteiger charge is -2.24. The topological polar surface area (TPSA) is 60.2 Å². The maximum Gasteiger partial charge on any atom is 0.229 e. The summed E-state index contributed by atoms with van der Waals surface area (Å²) in [4.78, 5) is 24.8. The van der Waals surface area contributed by atoms with Gasteiger partial charge in [-0.3, -0.25) is 9.69 Å². The lowest BCUT2D eigenvalue weighted by Crippen LogP contribution is -2.33. The van der Waals surface area contributed by atoms with Crippen LogP contribution in [0.2, 0.25) is 0 Å². The first-order valence-electron chi connectivity index (χ1n) is 12.6. The highest BCUT2D eigenvalue weighted by molar-refractivity contribution is 7.22. The Morgan fingerprint density at radius 2 is 1.76 bits per heavy atom. The predicted molar refractivity (Wildman–Crippen MR) is 149 cm³/mol. The second kappa shape index (κ2) is 11.8. The van der Waals surface area contributed by atoms with Crippen molar-refractivity contribution in [2.45, 2.75) is 32.2 Å². The first-order valence-corrected chi connectivity index (χ1v) is 13.4. The normalized spacial score (nSPS) is 11.2. The van der Waals surface area contributed by atoms with Gasteiger partial charge in [0.05, 0.1) is 23.2 Å². The average Bonchev–Trinajstić information content (AvgIpc) is 3.60. The molecule has 5 aromatic rings. The zero-order chi connectivity index (χ0) is 25.5. The van der Waals surface area contributed by atoms with Crippen molar-refractivity contribution in [2.24, 2.45) is 0 Å². The predicted octanol–water partition coefficient (Wildman–Crippen LogP) is 6.54. The number of nitrogens with zero attached hydrogens (tertiary/aromatic N) is 4. The highest BCUT2D eigenvalue weighted by Gasteiger charge is 2.25. The maximum atomic E-state index is 14.0. The van der Waals surface area contributed by atoms with E-state index in [9.17, 15) is 4.79 Å². The maximum absolute atomic E-state index is 14.0. The molecule has 5 rings (SSSR count). The van der Waals surface area contributed by atoms with Gasteiger partial charge in [0.15, 0.2) is 5.13 Å². The van der Waals surface area contributed by atoms with Crippen LogP contribution in [0.15, 0.2) is 97.6 Å². The third-order valence-electron chi connectivity index (χ3n) is 6.33. The highest BCUT2D eigenvalue weighted by Crippen LogP contribution is 2.34. The number of benzene rings is 3. The smallest absolute Gasteiger partial charge is 0.229 e. The second-order valence-electron chi connectivity index (χ2n) is 8.84. The van der Waals surface area contributed by atoms with Crippen molar-refractivity contribution in [1.29, 1.82) is 0 Å². The number of carbonyl (C=O) groups is 1. The summed E-state index contributed by atoms with van der Waals surface area (Å²) >= 11 is 1.54. The lowest BCUT2D eigenvalue weighted by molar-refractivity contribution is -0.118. The molecule has 0 spiro atoms. The molecule has 37 heavy (non-hydrogen) atoms. The van der Waals surface area contributed by atoms with Gasteiger partial charge in [-0.25, -0.2) is 9.97 Å². The van der Waals surface area contributed by atoms with E-state index in [0.717, 1.165) is 45.2 Å². The summed E-state index contributed by atoms with van der Waals surface area (Å²) in [7, 11) is 0. The number of thiazole rings is 1. The molecular formula is C30H30N4O2S. The number of aromatic nitrogens is 3. The molecule has 7 heteroatoms. The molecule has 0 atom stereocenters. The van der Waals surface area contributed by atoms with Crippen LogP contribution >= 0.6 is 11.3 Å². The summed E-state index contributed by atoms with van der Waals surface area (Å²) in [5, 5.41) is 0.721. The second-order valence-corrected chi connectivity index (χ2v) is 9.85. The Labute approximate surface area is 221 Å². The van der Waals surface area contributed by atoms with Crippen LogP contribution in [0.4, 0.5) is 5.13 Å². The van der Waals surface area contributed by atoms with Crippen LogP contribution < -0.4 is 9.64 Å². The van der Waals surface area contributed by atoms with E-state index >= 15 is 0 Å². The van der Waals surface area contributed by atoms with Crippen LogP contribution in [0.1, 0.15) is 36.8 Å². The van der Waals surface area contributed by atoms with E-state index in [1.807, 2.05) is 77.2 Å². The third-order valence-corrected chi connectivity index (χ3v) is 7.37. The fourth-order valence-electron chi connectivity index (χ4n) is 4.51. The van der Waals surface area contributed by atoms with E-state index in [1.165, 1.54) is 11.3 Å². The molecule has 0 fully saturated rings. The number of ether oxygens (including phenoxy) is 1. The highest BCUT2D eigenvalue weighted by atomic mass is 32.1. The molecular weight excluding hydrogens is 480 g/mol. The Morgan fingerprint density at radius 1 is 1.03 bits per heavy atom. The number of rotatable bonds is 11. The fourth-order valence-corrected chi connectivity index (χ4v) is 5.54.